The van der Waals surface area contributed by atoms with Gasteiger partial charge in [0, 0.05) is 32.1 Å². The van der Waals surface area contributed by atoms with Gasteiger partial charge < -0.3 is 20.1 Å². The Kier molecular flexibility index (Phi) is 8.70. The van der Waals surface area contributed by atoms with Crippen LogP contribution in [0.15, 0.2) is 77.0 Å². The van der Waals surface area contributed by atoms with Crippen LogP contribution in [0.5, 0.6) is 11.5 Å². The predicted octanol–water partition coefficient (Wildman–Crippen LogP) is 6.85. The number of aromatic nitrogens is 1. The molecule has 10 heteroatoms. The lowest BCUT2D eigenvalue weighted by Crippen LogP contribution is -2.22. The molecule has 1 heterocycles. The number of anilines is 2. The van der Waals surface area contributed by atoms with Gasteiger partial charge in [-0.2, -0.15) is 0 Å². The number of carbonyl (C=O) groups is 2. The first-order valence-electron chi connectivity index (χ1n) is 11.2. The molecule has 0 bridgehead atoms. The summed E-state index contributed by atoms with van der Waals surface area (Å²) in [5, 5.41) is 8.27. The number of ether oxygens (including phenoxy) is 2. The SMILES string of the molecule is COc1ccc(-c2csc(NC(=O)C(C)Sc3ccc(NC(=O)c4cccc(Cl)c4)cc3)n2)cc1OC. The van der Waals surface area contributed by atoms with Crippen molar-refractivity contribution in [3.05, 3.63) is 82.7 Å². The molecule has 190 valence electrons. The van der Waals surface area contributed by atoms with Gasteiger partial charge in [0.2, 0.25) is 5.91 Å². The number of methoxy groups -OCH3 is 2. The molecule has 0 aliphatic rings. The maximum Gasteiger partial charge on any atom is 0.255 e. The average Bonchev–Trinajstić information content (AvgIpc) is 3.37. The van der Waals surface area contributed by atoms with Crippen LogP contribution in [0, 0.1) is 0 Å². The standard InChI is InChI=1S/C27H24ClN3O4S2/c1-16(37-21-10-8-20(9-11-21)29-26(33)18-5-4-6-19(28)13-18)25(32)31-27-30-22(15-36-27)17-7-12-23(34-2)24(14-17)35-3/h4-16H,1-3H3,(H,29,33)(H,30,31,32). The van der Waals surface area contributed by atoms with E-state index in [4.69, 9.17) is 21.1 Å². The molecule has 0 radical (unpaired) electrons. The van der Waals surface area contributed by atoms with Crippen LogP contribution in [-0.2, 0) is 4.79 Å². The monoisotopic (exact) mass is 553 g/mol. The molecule has 1 aromatic heterocycles. The summed E-state index contributed by atoms with van der Waals surface area (Å²) in [6, 6.07) is 19.6. The van der Waals surface area contributed by atoms with Crippen LogP contribution >= 0.6 is 34.7 Å². The van der Waals surface area contributed by atoms with Crippen molar-refractivity contribution >= 4 is 57.3 Å². The average molecular weight is 554 g/mol. The Morgan fingerprint density at radius 1 is 0.973 bits per heavy atom. The van der Waals surface area contributed by atoms with E-state index in [0.29, 0.717) is 32.9 Å². The van der Waals surface area contributed by atoms with E-state index in [9.17, 15) is 9.59 Å². The summed E-state index contributed by atoms with van der Waals surface area (Å²) in [5.74, 6) is 0.846. The topological polar surface area (TPSA) is 89.6 Å². The smallest absolute Gasteiger partial charge is 0.255 e. The highest BCUT2D eigenvalue weighted by molar-refractivity contribution is 8.00. The van der Waals surface area contributed by atoms with E-state index in [-0.39, 0.29) is 17.1 Å². The Morgan fingerprint density at radius 3 is 2.43 bits per heavy atom. The fourth-order valence-corrected chi connectivity index (χ4v) is 5.15. The number of amides is 2. The number of nitrogens with zero attached hydrogens (tertiary/aromatic N) is 1. The molecule has 0 aliphatic carbocycles. The first-order chi connectivity index (χ1) is 17.9. The highest BCUT2D eigenvalue weighted by atomic mass is 35.5. The molecule has 0 aliphatic heterocycles. The molecule has 4 aromatic rings. The number of halogens is 1. The maximum atomic E-state index is 12.8. The number of rotatable bonds is 9. The zero-order valence-corrected chi connectivity index (χ0v) is 22.7. The Hall–Kier alpha value is -3.53. The number of hydrogen-bond donors (Lipinski definition) is 2. The van der Waals surface area contributed by atoms with Crippen molar-refractivity contribution in [1.82, 2.24) is 4.98 Å². The zero-order chi connectivity index (χ0) is 26.4. The van der Waals surface area contributed by atoms with Gasteiger partial charge in [-0.25, -0.2) is 4.98 Å². The lowest BCUT2D eigenvalue weighted by Gasteiger charge is -2.11. The van der Waals surface area contributed by atoms with Crippen molar-refractivity contribution in [2.75, 3.05) is 24.9 Å². The third-order valence-electron chi connectivity index (χ3n) is 5.29. The molecule has 0 saturated heterocycles. The van der Waals surface area contributed by atoms with Gasteiger partial charge in [-0.3, -0.25) is 9.59 Å². The molecule has 7 nitrogen and oxygen atoms in total. The quantitative estimate of drug-likeness (QED) is 0.220. The van der Waals surface area contributed by atoms with Crippen LogP contribution in [-0.4, -0.2) is 36.3 Å². The summed E-state index contributed by atoms with van der Waals surface area (Å²) in [6.45, 7) is 1.83. The van der Waals surface area contributed by atoms with Crippen molar-refractivity contribution in [2.24, 2.45) is 0 Å². The van der Waals surface area contributed by atoms with Gasteiger partial charge >= 0.3 is 0 Å². The van der Waals surface area contributed by atoms with E-state index in [1.54, 1.807) is 50.6 Å². The fourth-order valence-electron chi connectivity index (χ4n) is 3.37. The number of thioether (sulfide) groups is 1. The van der Waals surface area contributed by atoms with Crippen LogP contribution in [0.4, 0.5) is 10.8 Å². The zero-order valence-electron chi connectivity index (χ0n) is 20.3. The highest BCUT2D eigenvalue weighted by Crippen LogP contribution is 2.34. The third kappa shape index (κ3) is 6.82. The third-order valence-corrected chi connectivity index (χ3v) is 7.40. The Labute approximate surface area is 228 Å². The molecule has 0 saturated carbocycles. The van der Waals surface area contributed by atoms with Crippen LogP contribution in [0.25, 0.3) is 11.3 Å². The number of nitrogens with one attached hydrogen (secondary N) is 2. The summed E-state index contributed by atoms with van der Waals surface area (Å²) in [7, 11) is 3.17. The van der Waals surface area contributed by atoms with E-state index < -0.39 is 0 Å². The number of benzene rings is 3. The highest BCUT2D eigenvalue weighted by Gasteiger charge is 2.17. The van der Waals surface area contributed by atoms with E-state index >= 15 is 0 Å². The first-order valence-corrected chi connectivity index (χ1v) is 13.3. The minimum absolute atomic E-state index is 0.156. The molecule has 1 unspecified atom stereocenters. The second-order valence-corrected chi connectivity index (χ2v) is 10.6. The van der Waals surface area contributed by atoms with Crippen molar-refractivity contribution < 1.29 is 19.1 Å². The van der Waals surface area contributed by atoms with Crippen molar-refractivity contribution in [3.8, 4) is 22.8 Å². The van der Waals surface area contributed by atoms with E-state index in [2.05, 4.69) is 15.6 Å². The molecule has 0 fully saturated rings. The molecule has 2 N–H and O–H groups in total. The summed E-state index contributed by atoms with van der Waals surface area (Å²) >= 11 is 8.73. The Bertz CT molecular complexity index is 1410. The molecular formula is C27H24ClN3O4S2. The lowest BCUT2D eigenvalue weighted by atomic mass is 10.1. The summed E-state index contributed by atoms with van der Waals surface area (Å²) in [5.41, 5.74) is 2.72. The summed E-state index contributed by atoms with van der Waals surface area (Å²) < 4.78 is 10.6. The van der Waals surface area contributed by atoms with Crippen molar-refractivity contribution in [2.45, 2.75) is 17.1 Å². The van der Waals surface area contributed by atoms with E-state index in [1.807, 2.05) is 42.6 Å². The molecule has 4 rings (SSSR count). The van der Waals surface area contributed by atoms with Gasteiger partial charge in [0.1, 0.15) is 0 Å². The van der Waals surface area contributed by atoms with E-state index in [0.717, 1.165) is 16.2 Å². The normalized spacial score (nSPS) is 11.5. The fraction of sp³-hybridized carbons (Fsp3) is 0.148. The molecular weight excluding hydrogens is 530 g/mol. The molecule has 37 heavy (non-hydrogen) atoms. The Balaban J connectivity index is 1.33. The second-order valence-electron chi connectivity index (χ2n) is 7.85. The van der Waals surface area contributed by atoms with Crippen LogP contribution in [0.3, 0.4) is 0 Å². The van der Waals surface area contributed by atoms with Crippen LogP contribution in [0.2, 0.25) is 5.02 Å². The summed E-state index contributed by atoms with van der Waals surface area (Å²) in [6.07, 6.45) is 0. The van der Waals surface area contributed by atoms with Gasteiger partial charge in [-0.05, 0) is 67.6 Å². The number of thiazole rings is 1. The van der Waals surface area contributed by atoms with Gasteiger partial charge in [0.15, 0.2) is 16.6 Å². The van der Waals surface area contributed by atoms with Gasteiger partial charge in [0.05, 0.1) is 25.2 Å². The maximum absolute atomic E-state index is 12.8. The number of carbonyl (C=O) groups excluding carboxylic acids is 2. The molecule has 2 amide bonds. The summed E-state index contributed by atoms with van der Waals surface area (Å²) in [4.78, 5) is 30.6. The van der Waals surface area contributed by atoms with Gasteiger partial charge in [0.25, 0.3) is 5.91 Å². The number of hydrogen-bond acceptors (Lipinski definition) is 7. The van der Waals surface area contributed by atoms with Gasteiger partial charge in [-0.1, -0.05) is 17.7 Å². The Morgan fingerprint density at radius 2 is 1.73 bits per heavy atom. The minimum atomic E-state index is -0.361. The van der Waals surface area contributed by atoms with Crippen LogP contribution < -0.4 is 20.1 Å². The molecule has 1 atom stereocenters. The van der Waals surface area contributed by atoms with E-state index in [1.165, 1.54) is 23.1 Å². The lowest BCUT2D eigenvalue weighted by molar-refractivity contribution is -0.115. The van der Waals surface area contributed by atoms with Gasteiger partial charge in [-0.15, -0.1) is 23.1 Å². The second kappa shape index (κ2) is 12.1. The molecule has 3 aromatic carbocycles. The van der Waals surface area contributed by atoms with Crippen molar-refractivity contribution in [1.29, 1.82) is 0 Å². The predicted molar refractivity (Wildman–Crippen MR) is 150 cm³/mol. The molecule has 0 spiro atoms. The largest absolute Gasteiger partial charge is 0.493 e. The minimum Gasteiger partial charge on any atom is -0.493 e. The first kappa shape index (κ1) is 26.5. The van der Waals surface area contributed by atoms with Crippen molar-refractivity contribution in [3.63, 3.8) is 0 Å². The van der Waals surface area contributed by atoms with Crippen LogP contribution in [0.1, 0.15) is 17.3 Å².